The highest BCUT2D eigenvalue weighted by molar-refractivity contribution is 7.92. The number of hydrogen-bond donors (Lipinski definition) is 1. The molecule has 3 rings (SSSR count). The number of amides is 1. The van der Waals surface area contributed by atoms with Gasteiger partial charge in [-0.3, -0.25) is 9.10 Å². The summed E-state index contributed by atoms with van der Waals surface area (Å²) in [5.74, 6) is -0.287. The Labute approximate surface area is 182 Å². The van der Waals surface area contributed by atoms with E-state index in [1.54, 1.807) is 54.6 Å². The van der Waals surface area contributed by atoms with Crippen LogP contribution in [0.2, 0.25) is 0 Å². The van der Waals surface area contributed by atoms with Gasteiger partial charge in [0, 0.05) is 11.3 Å². The topological polar surface area (TPSA) is 90.3 Å². The van der Waals surface area contributed by atoms with E-state index >= 15 is 0 Å². The first-order valence-electron chi connectivity index (χ1n) is 9.63. The van der Waals surface area contributed by atoms with E-state index in [0.717, 1.165) is 16.7 Å². The van der Waals surface area contributed by atoms with E-state index in [4.69, 9.17) is 5.26 Å². The summed E-state index contributed by atoms with van der Waals surface area (Å²) in [6.45, 7) is 4.12. The molecule has 0 saturated carbocycles. The van der Waals surface area contributed by atoms with E-state index in [1.165, 1.54) is 10.6 Å². The number of nitriles is 1. The summed E-state index contributed by atoms with van der Waals surface area (Å²) in [5.41, 5.74) is 5.05. The van der Waals surface area contributed by atoms with Gasteiger partial charge in [0.15, 0.2) is 0 Å². The van der Waals surface area contributed by atoms with Crippen LogP contribution >= 0.6 is 0 Å². The number of sulfonamides is 1. The van der Waals surface area contributed by atoms with Crippen LogP contribution < -0.4 is 9.62 Å². The molecule has 1 amide bonds. The molecule has 3 aromatic carbocycles. The highest BCUT2D eigenvalue weighted by Gasteiger charge is 2.18. The van der Waals surface area contributed by atoms with Crippen LogP contribution in [0.25, 0.3) is 0 Å². The minimum atomic E-state index is -3.48. The molecule has 0 saturated heterocycles. The van der Waals surface area contributed by atoms with Gasteiger partial charge in [0.2, 0.25) is 10.0 Å². The Kier molecular flexibility index (Phi) is 6.42. The lowest BCUT2D eigenvalue weighted by Gasteiger charge is -2.23. The van der Waals surface area contributed by atoms with Gasteiger partial charge in [-0.15, -0.1) is 0 Å². The lowest BCUT2D eigenvalue weighted by atomic mass is 10.1. The molecule has 0 aliphatic rings. The highest BCUT2D eigenvalue weighted by atomic mass is 32.2. The van der Waals surface area contributed by atoms with Gasteiger partial charge in [-0.1, -0.05) is 18.2 Å². The van der Waals surface area contributed by atoms with Gasteiger partial charge in [0.1, 0.15) is 0 Å². The van der Waals surface area contributed by atoms with Crippen molar-refractivity contribution in [2.24, 2.45) is 0 Å². The third kappa shape index (κ3) is 5.50. The van der Waals surface area contributed by atoms with Gasteiger partial charge in [-0.25, -0.2) is 8.42 Å². The largest absolute Gasteiger partial charge is 0.322 e. The first kappa shape index (κ1) is 22.1. The minimum absolute atomic E-state index is 0.186. The normalized spacial score (nSPS) is 10.9. The summed E-state index contributed by atoms with van der Waals surface area (Å²) in [6.07, 6.45) is 1.19. The van der Waals surface area contributed by atoms with Crippen molar-refractivity contribution in [3.8, 4) is 6.07 Å². The van der Waals surface area contributed by atoms with Crippen LogP contribution in [-0.2, 0) is 16.6 Å². The molecule has 31 heavy (non-hydrogen) atoms. The van der Waals surface area contributed by atoms with Gasteiger partial charge in [-0.2, -0.15) is 5.26 Å². The maximum absolute atomic E-state index is 12.4. The molecule has 0 aliphatic heterocycles. The smallest absolute Gasteiger partial charge is 0.255 e. The number of rotatable bonds is 6. The van der Waals surface area contributed by atoms with Crippen molar-refractivity contribution >= 4 is 27.3 Å². The van der Waals surface area contributed by atoms with Crippen LogP contribution in [0.5, 0.6) is 0 Å². The van der Waals surface area contributed by atoms with E-state index in [-0.39, 0.29) is 12.5 Å². The Bertz CT molecular complexity index is 1240. The molecule has 0 radical (unpaired) electrons. The Morgan fingerprint density at radius 2 is 1.61 bits per heavy atom. The average Bonchev–Trinajstić information content (AvgIpc) is 2.74. The third-order valence-electron chi connectivity index (χ3n) is 4.99. The fraction of sp³-hybridized carbons (Fsp3) is 0.167. The minimum Gasteiger partial charge on any atom is -0.322 e. The number of nitrogens with zero attached hydrogens (tertiary/aromatic N) is 2. The van der Waals surface area contributed by atoms with E-state index < -0.39 is 10.0 Å². The Hall–Kier alpha value is -3.63. The molecule has 0 unspecified atom stereocenters. The number of nitrogens with one attached hydrogen (secondary N) is 1. The summed E-state index contributed by atoms with van der Waals surface area (Å²) >= 11 is 0. The zero-order chi connectivity index (χ0) is 22.6. The van der Waals surface area contributed by atoms with Crippen molar-refractivity contribution in [2.45, 2.75) is 20.4 Å². The fourth-order valence-corrected chi connectivity index (χ4v) is 3.92. The van der Waals surface area contributed by atoms with Gasteiger partial charge >= 0.3 is 0 Å². The predicted molar refractivity (Wildman–Crippen MR) is 122 cm³/mol. The van der Waals surface area contributed by atoms with Gasteiger partial charge < -0.3 is 5.32 Å². The number of benzene rings is 3. The molecule has 3 aromatic rings. The Morgan fingerprint density at radius 1 is 0.968 bits per heavy atom. The Balaban J connectivity index is 1.75. The second-order valence-electron chi connectivity index (χ2n) is 7.38. The summed E-state index contributed by atoms with van der Waals surface area (Å²) in [7, 11) is -3.48. The number of carbonyl (C=O) groups is 1. The van der Waals surface area contributed by atoms with Crippen molar-refractivity contribution in [1.29, 1.82) is 5.26 Å². The molecular weight excluding hydrogens is 410 g/mol. The highest BCUT2D eigenvalue weighted by Crippen LogP contribution is 2.24. The molecule has 7 heteroatoms. The van der Waals surface area contributed by atoms with Crippen molar-refractivity contribution in [1.82, 2.24) is 0 Å². The zero-order valence-electron chi connectivity index (χ0n) is 17.6. The predicted octanol–water partition coefficient (Wildman–Crippen LogP) is 4.39. The van der Waals surface area contributed by atoms with Crippen molar-refractivity contribution in [3.05, 3.63) is 94.5 Å². The van der Waals surface area contributed by atoms with E-state index in [9.17, 15) is 13.2 Å². The van der Waals surface area contributed by atoms with Crippen LogP contribution in [0.1, 0.15) is 32.6 Å². The number of aryl methyl sites for hydroxylation is 2. The van der Waals surface area contributed by atoms with Crippen LogP contribution in [0, 0.1) is 25.2 Å². The molecule has 1 N–H and O–H groups in total. The molecule has 0 atom stereocenters. The third-order valence-corrected chi connectivity index (χ3v) is 6.13. The first-order chi connectivity index (χ1) is 14.7. The molecule has 0 aliphatic carbocycles. The van der Waals surface area contributed by atoms with E-state index in [0.29, 0.717) is 22.5 Å². The van der Waals surface area contributed by atoms with Crippen LogP contribution in [-0.4, -0.2) is 20.6 Å². The van der Waals surface area contributed by atoms with E-state index in [2.05, 4.69) is 5.32 Å². The number of anilines is 2. The second kappa shape index (κ2) is 9.02. The lowest BCUT2D eigenvalue weighted by molar-refractivity contribution is 0.102. The fourth-order valence-electron chi connectivity index (χ4n) is 3.04. The molecule has 0 heterocycles. The average molecular weight is 434 g/mol. The molecule has 6 nitrogen and oxygen atoms in total. The van der Waals surface area contributed by atoms with Crippen molar-refractivity contribution in [3.63, 3.8) is 0 Å². The van der Waals surface area contributed by atoms with Crippen LogP contribution in [0.3, 0.4) is 0 Å². The SMILES string of the molecule is Cc1ccc(N(Cc2ccc(NC(=O)c3ccc(C#N)cc3)cc2)S(C)(=O)=O)cc1C. The number of hydrogen-bond acceptors (Lipinski definition) is 4. The summed E-state index contributed by atoms with van der Waals surface area (Å²) < 4.78 is 26.2. The second-order valence-corrected chi connectivity index (χ2v) is 9.29. The molecular formula is C24H23N3O3S. The molecule has 0 fully saturated rings. The van der Waals surface area contributed by atoms with Crippen molar-refractivity contribution < 1.29 is 13.2 Å². The van der Waals surface area contributed by atoms with E-state index in [1.807, 2.05) is 32.0 Å². The summed E-state index contributed by atoms with van der Waals surface area (Å²) in [4.78, 5) is 12.4. The zero-order valence-corrected chi connectivity index (χ0v) is 18.4. The molecule has 158 valence electrons. The van der Waals surface area contributed by atoms with Gasteiger partial charge in [0.25, 0.3) is 5.91 Å². The van der Waals surface area contributed by atoms with Crippen LogP contribution in [0.4, 0.5) is 11.4 Å². The van der Waals surface area contributed by atoms with Gasteiger partial charge in [0.05, 0.1) is 30.1 Å². The maximum atomic E-state index is 12.4. The Morgan fingerprint density at radius 3 is 2.16 bits per heavy atom. The molecule has 0 aromatic heterocycles. The lowest BCUT2D eigenvalue weighted by Crippen LogP contribution is -2.29. The van der Waals surface area contributed by atoms with Gasteiger partial charge in [-0.05, 0) is 79.1 Å². The molecule has 0 bridgehead atoms. The summed E-state index contributed by atoms with van der Waals surface area (Å²) in [6, 6.07) is 21.0. The maximum Gasteiger partial charge on any atom is 0.255 e. The monoisotopic (exact) mass is 433 g/mol. The number of carbonyl (C=O) groups excluding carboxylic acids is 1. The first-order valence-corrected chi connectivity index (χ1v) is 11.5. The van der Waals surface area contributed by atoms with Crippen LogP contribution in [0.15, 0.2) is 66.7 Å². The van der Waals surface area contributed by atoms with Crippen molar-refractivity contribution in [2.75, 3.05) is 15.9 Å². The standard InChI is InChI=1S/C24H23N3O3S/c1-17-4-13-23(14-18(17)2)27(31(3,29)30)16-20-7-11-22(12-8-20)26-24(28)21-9-5-19(15-25)6-10-21/h4-14H,16H2,1-3H3,(H,26,28). The molecule has 0 spiro atoms. The quantitative estimate of drug-likeness (QED) is 0.624. The summed E-state index contributed by atoms with van der Waals surface area (Å²) in [5, 5.41) is 11.6.